The van der Waals surface area contributed by atoms with Crippen LogP contribution in [0.5, 0.6) is 0 Å². The van der Waals surface area contributed by atoms with Crippen LogP contribution >= 0.6 is 0 Å². The first-order valence-corrected chi connectivity index (χ1v) is 5.00. The van der Waals surface area contributed by atoms with E-state index in [1.807, 2.05) is 0 Å². The lowest BCUT2D eigenvalue weighted by Gasteiger charge is -2.14. The number of rotatable bonds is 2. The largest absolute Gasteiger partial charge is 0.394 e. The predicted octanol–water partition coefficient (Wildman–Crippen LogP) is -1.74. The van der Waals surface area contributed by atoms with E-state index in [1.165, 1.54) is 16.8 Å². The number of hydrogen-bond acceptors (Lipinski definition) is 5. The summed E-state index contributed by atoms with van der Waals surface area (Å²) in [7, 11) is 0. The smallest absolute Gasteiger partial charge is 0.329 e. The molecule has 7 nitrogen and oxygen atoms in total. The molecule has 88 valence electrons. The van der Waals surface area contributed by atoms with Gasteiger partial charge in [-0.2, -0.15) is 0 Å². The first kappa shape index (κ1) is 11.1. The summed E-state index contributed by atoms with van der Waals surface area (Å²) in [6.07, 6.45) is 1.04. The van der Waals surface area contributed by atoms with Gasteiger partial charge in [-0.15, -0.1) is 0 Å². The van der Waals surface area contributed by atoms with Gasteiger partial charge in [-0.3, -0.25) is 15.0 Å². The van der Waals surface area contributed by atoms with Gasteiger partial charge in [-0.05, 0) is 6.07 Å². The number of hydrogen-bond donors (Lipinski definition) is 4. The molecule has 1 aliphatic rings. The Morgan fingerprint density at radius 2 is 2.50 bits per heavy atom. The van der Waals surface area contributed by atoms with Crippen molar-refractivity contribution in [2.45, 2.75) is 24.8 Å². The molecule has 1 aliphatic heterocycles. The fourth-order valence-corrected chi connectivity index (χ4v) is 1.77. The first-order chi connectivity index (χ1) is 7.61. The average molecular weight is 226 g/mol. The number of H-pyrrole nitrogens is 1. The van der Waals surface area contributed by atoms with E-state index in [1.54, 1.807) is 0 Å². The van der Waals surface area contributed by atoms with E-state index in [9.17, 15) is 4.79 Å². The number of aliphatic hydroxyl groups excluding tert-OH is 1. The molecule has 16 heavy (non-hydrogen) atoms. The van der Waals surface area contributed by atoms with Crippen LogP contribution in [0.1, 0.15) is 12.6 Å². The second-order valence-electron chi connectivity index (χ2n) is 3.78. The highest BCUT2D eigenvalue weighted by Crippen LogP contribution is 2.25. The Balaban J connectivity index is 2.27. The molecule has 0 aromatic carbocycles. The fourth-order valence-electron chi connectivity index (χ4n) is 1.77. The van der Waals surface area contributed by atoms with E-state index in [4.69, 9.17) is 21.0 Å². The Labute approximate surface area is 91.0 Å². The van der Waals surface area contributed by atoms with Crippen molar-refractivity contribution in [2.75, 3.05) is 6.61 Å². The van der Waals surface area contributed by atoms with Crippen LogP contribution in [0.4, 0.5) is 0 Å². The molecule has 2 heterocycles. The topological polar surface area (TPSA) is 117 Å². The van der Waals surface area contributed by atoms with Crippen LogP contribution in [0.2, 0.25) is 0 Å². The molecule has 1 fully saturated rings. The molecular formula is C9H14N4O3. The molecule has 7 heteroatoms. The van der Waals surface area contributed by atoms with Gasteiger partial charge < -0.3 is 15.6 Å². The summed E-state index contributed by atoms with van der Waals surface area (Å²) in [5, 5.41) is 16.2. The average Bonchev–Trinajstić information content (AvgIpc) is 2.59. The molecule has 3 atom stereocenters. The third-order valence-corrected chi connectivity index (χ3v) is 2.65. The number of ether oxygens (including phenoxy) is 1. The van der Waals surface area contributed by atoms with E-state index in [0.29, 0.717) is 6.42 Å². The van der Waals surface area contributed by atoms with Crippen molar-refractivity contribution in [1.29, 1.82) is 5.41 Å². The number of nitrogens with zero attached hydrogens (tertiary/aromatic N) is 1. The molecule has 0 bridgehead atoms. The Morgan fingerprint density at radius 1 is 1.75 bits per heavy atom. The van der Waals surface area contributed by atoms with Crippen LogP contribution in [0.15, 0.2) is 17.1 Å². The summed E-state index contributed by atoms with van der Waals surface area (Å²) in [4.78, 5) is 13.9. The van der Waals surface area contributed by atoms with E-state index >= 15 is 0 Å². The molecule has 1 saturated heterocycles. The van der Waals surface area contributed by atoms with Gasteiger partial charge >= 0.3 is 5.69 Å². The summed E-state index contributed by atoms with van der Waals surface area (Å²) in [5.74, 6) is 0. The Hall–Kier alpha value is -1.44. The summed E-state index contributed by atoms with van der Waals surface area (Å²) in [6, 6.07) is 1.18. The maximum atomic E-state index is 11.5. The maximum absolute atomic E-state index is 11.5. The number of aromatic nitrogens is 2. The molecule has 0 amide bonds. The van der Waals surface area contributed by atoms with Gasteiger partial charge in [-0.1, -0.05) is 0 Å². The van der Waals surface area contributed by atoms with E-state index in [-0.39, 0.29) is 18.1 Å². The van der Waals surface area contributed by atoms with Crippen LogP contribution in [0, 0.1) is 5.41 Å². The lowest BCUT2D eigenvalue weighted by atomic mass is 10.1. The van der Waals surface area contributed by atoms with Gasteiger partial charge in [0.25, 0.3) is 0 Å². The minimum absolute atomic E-state index is 0.0438. The molecule has 0 spiro atoms. The normalized spacial score (nSPS) is 29.5. The summed E-state index contributed by atoms with van der Waals surface area (Å²) < 4.78 is 6.78. The maximum Gasteiger partial charge on any atom is 0.329 e. The Bertz CT molecular complexity index is 480. The van der Waals surface area contributed by atoms with Crippen LogP contribution < -0.4 is 16.9 Å². The zero-order valence-corrected chi connectivity index (χ0v) is 8.59. The lowest BCUT2D eigenvalue weighted by Crippen LogP contribution is -2.32. The van der Waals surface area contributed by atoms with Gasteiger partial charge in [0.1, 0.15) is 11.7 Å². The third-order valence-electron chi connectivity index (χ3n) is 2.65. The predicted molar refractivity (Wildman–Crippen MR) is 54.5 cm³/mol. The van der Waals surface area contributed by atoms with Gasteiger partial charge in [0.15, 0.2) is 0 Å². The van der Waals surface area contributed by atoms with Gasteiger partial charge in [-0.25, -0.2) is 4.79 Å². The summed E-state index contributed by atoms with van der Waals surface area (Å²) in [5.41, 5.74) is 5.38. The van der Waals surface area contributed by atoms with E-state index in [0.717, 1.165) is 0 Å². The minimum atomic E-state index is -0.475. The molecular weight excluding hydrogens is 212 g/mol. The highest BCUT2D eigenvalue weighted by atomic mass is 16.5. The second kappa shape index (κ2) is 4.20. The fraction of sp³-hybridized carbons (Fsp3) is 0.556. The quantitative estimate of drug-likeness (QED) is 0.479. The molecule has 0 saturated carbocycles. The molecule has 2 rings (SSSR count). The van der Waals surface area contributed by atoms with Crippen molar-refractivity contribution in [3.05, 3.63) is 28.2 Å². The van der Waals surface area contributed by atoms with Crippen molar-refractivity contribution < 1.29 is 9.84 Å². The van der Waals surface area contributed by atoms with Crippen LogP contribution in [-0.4, -0.2) is 33.4 Å². The number of aliphatic hydroxyl groups is 1. The highest BCUT2D eigenvalue weighted by molar-refractivity contribution is 4.88. The minimum Gasteiger partial charge on any atom is -0.394 e. The monoisotopic (exact) mass is 226 g/mol. The van der Waals surface area contributed by atoms with Gasteiger partial charge in [0, 0.05) is 18.7 Å². The van der Waals surface area contributed by atoms with Crippen LogP contribution in [0.3, 0.4) is 0 Å². The standard InChI is InChI=1S/C9H14N4O3/c10-5-3-8(16-6(5)4-14)13-2-1-7(11)12-9(13)15/h1-2,5-6,8,14H,3-4,10H2,(H2,11,12,15). The van der Waals surface area contributed by atoms with Crippen LogP contribution in [-0.2, 0) is 4.74 Å². The number of aromatic amines is 1. The van der Waals surface area contributed by atoms with Crippen molar-refractivity contribution in [3.8, 4) is 0 Å². The lowest BCUT2D eigenvalue weighted by molar-refractivity contribution is -0.0271. The number of nitrogens with one attached hydrogen (secondary N) is 2. The van der Waals surface area contributed by atoms with Crippen LogP contribution in [0.25, 0.3) is 0 Å². The first-order valence-electron chi connectivity index (χ1n) is 5.00. The molecule has 5 N–H and O–H groups in total. The molecule has 3 unspecified atom stereocenters. The Morgan fingerprint density at radius 3 is 3.06 bits per heavy atom. The molecule has 1 aromatic heterocycles. The van der Waals surface area contributed by atoms with Crippen molar-refractivity contribution >= 4 is 0 Å². The van der Waals surface area contributed by atoms with Crippen molar-refractivity contribution in [3.63, 3.8) is 0 Å². The Kier molecular flexibility index (Phi) is 2.90. The SMILES string of the molecule is N=c1ccn(C2CC(N)C(CO)O2)c(=O)[nH]1. The zero-order chi connectivity index (χ0) is 11.7. The van der Waals surface area contributed by atoms with Gasteiger partial charge in [0.05, 0.1) is 12.7 Å². The highest BCUT2D eigenvalue weighted by Gasteiger charge is 2.33. The summed E-state index contributed by atoms with van der Waals surface area (Å²) >= 11 is 0. The third kappa shape index (κ3) is 1.92. The van der Waals surface area contributed by atoms with E-state index in [2.05, 4.69) is 4.98 Å². The van der Waals surface area contributed by atoms with Crippen molar-refractivity contribution in [1.82, 2.24) is 9.55 Å². The molecule has 1 aromatic rings. The zero-order valence-electron chi connectivity index (χ0n) is 8.59. The van der Waals surface area contributed by atoms with Gasteiger partial charge in [0.2, 0.25) is 0 Å². The molecule has 0 radical (unpaired) electrons. The molecule has 0 aliphatic carbocycles. The van der Waals surface area contributed by atoms with E-state index < -0.39 is 18.0 Å². The second-order valence-corrected chi connectivity index (χ2v) is 3.78. The van der Waals surface area contributed by atoms with Crippen molar-refractivity contribution in [2.24, 2.45) is 5.73 Å². The number of nitrogens with two attached hydrogens (primary N) is 1. The summed E-state index contributed by atoms with van der Waals surface area (Å²) in [6.45, 7) is -0.160.